The number of aliphatic hydroxyl groups excluding tert-OH is 1. The molecule has 1 heterocycles. The highest BCUT2D eigenvalue weighted by Crippen LogP contribution is 2.19. The zero-order valence-electron chi connectivity index (χ0n) is 11.0. The molecule has 2 nitrogen and oxygen atoms in total. The summed E-state index contributed by atoms with van der Waals surface area (Å²) in [6.07, 6.45) is 10.7. The molecule has 1 rings (SSSR count). The first kappa shape index (κ1) is 14.0. The van der Waals surface area contributed by atoms with E-state index < -0.39 is 0 Å². The van der Waals surface area contributed by atoms with Crippen LogP contribution in [0.5, 0.6) is 0 Å². The highest BCUT2D eigenvalue weighted by atomic mass is 16.3. The second-order valence-electron chi connectivity index (χ2n) is 5.24. The van der Waals surface area contributed by atoms with Crippen LogP contribution in [0.15, 0.2) is 0 Å². The summed E-state index contributed by atoms with van der Waals surface area (Å²) in [6, 6.07) is 0. The van der Waals surface area contributed by atoms with E-state index in [1.54, 1.807) is 0 Å². The third-order valence-electron chi connectivity index (χ3n) is 3.74. The Bertz CT molecular complexity index is 161. The van der Waals surface area contributed by atoms with Crippen molar-refractivity contribution in [3.63, 3.8) is 0 Å². The fourth-order valence-electron chi connectivity index (χ4n) is 2.65. The molecule has 1 fully saturated rings. The zero-order chi connectivity index (χ0) is 11.6. The smallest absolute Gasteiger partial charge is 0.0434 e. The predicted octanol–water partition coefficient (Wildman–Crippen LogP) is 3.05. The zero-order valence-corrected chi connectivity index (χ0v) is 11.0. The summed E-state index contributed by atoms with van der Waals surface area (Å²) in [6.45, 7) is 6.42. The summed E-state index contributed by atoms with van der Waals surface area (Å²) < 4.78 is 0. The monoisotopic (exact) mass is 227 g/mol. The van der Waals surface area contributed by atoms with Gasteiger partial charge < -0.3 is 10.0 Å². The maximum absolute atomic E-state index is 8.89. The number of rotatable bonds is 9. The lowest BCUT2D eigenvalue weighted by atomic mass is 10.1. The van der Waals surface area contributed by atoms with Crippen molar-refractivity contribution in [1.29, 1.82) is 0 Å². The summed E-state index contributed by atoms with van der Waals surface area (Å²) in [5.41, 5.74) is 0. The molecule has 0 saturated carbocycles. The van der Waals surface area contributed by atoms with Gasteiger partial charge in [-0.05, 0) is 38.3 Å². The molecule has 0 spiro atoms. The van der Waals surface area contributed by atoms with Crippen molar-refractivity contribution in [2.75, 3.05) is 26.2 Å². The topological polar surface area (TPSA) is 23.5 Å². The van der Waals surface area contributed by atoms with Gasteiger partial charge in [0, 0.05) is 13.2 Å². The van der Waals surface area contributed by atoms with Crippen LogP contribution in [0.4, 0.5) is 0 Å². The van der Waals surface area contributed by atoms with Gasteiger partial charge in [0.2, 0.25) is 0 Å². The minimum atomic E-state index is 0.371. The summed E-state index contributed by atoms with van der Waals surface area (Å²) >= 11 is 0. The van der Waals surface area contributed by atoms with E-state index in [0.29, 0.717) is 6.61 Å². The molecule has 1 unspecified atom stereocenters. The quantitative estimate of drug-likeness (QED) is 0.612. The van der Waals surface area contributed by atoms with E-state index in [1.165, 1.54) is 64.6 Å². The summed E-state index contributed by atoms with van der Waals surface area (Å²) in [4.78, 5) is 2.58. The Morgan fingerprint density at radius 2 is 1.88 bits per heavy atom. The van der Waals surface area contributed by atoms with Crippen LogP contribution in [0, 0.1) is 5.92 Å². The highest BCUT2D eigenvalue weighted by molar-refractivity contribution is 4.75. The normalized spacial score (nSPS) is 21.8. The van der Waals surface area contributed by atoms with Gasteiger partial charge in [0.25, 0.3) is 0 Å². The first-order chi connectivity index (χ1) is 7.86. The van der Waals surface area contributed by atoms with Gasteiger partial charge in [0.05, 0.1) is 0 Å². The van der Waals surface area contributed by atoms with Gasteiger partial charge >= 0.3 is 0 Å². The van der Waals surface area contributed by atoms with Crippen molar-refractivity contribution in [2.24, 2.45) is 5.92 Å². The maximum atomic E-state index is 8.89. The Labute approximate surface area is 101 Å². The Balaban J connectivity index is 1.90. The summed E-state index contributed by atoms with van der Waals surface area (Å²) in [7, 11) is 0. The molecule has 16 heavy (non-hydrogen) atoms. The van der Waals surface area contributed by atoms with Crippen LogP contribution in [0.1, 0.15) is 58.3 Å². The van der Waals surface area contributed by atoms with Crippen LogP contribution < -0.4 is 0 Å². The van der Waals surface area contributed by atoms with Crippen LogP contribution in [-0.2, 0) is 0 Å². The van der Waals surface area contributed by atoms with Crippen LogP contribution in [0.25, 0.3) is 0 Å². The van der Waals surface area contributed by atoms with Crippen molar-refractivity contribution in [1.82, 2.24) is 4.90 Å². The van der Waals surface area contributed by atoms with Crippen molar-refractivity contribution < 1.29 is 5.11 Å². The van der Waals surface area contributed by atoms with E-state index in [4.69, 9.17) is 5.11 Å². The highest BCUT2D eigenvalue weighted by Gasteiger charge is 2.20. The SMILES string of the molecule is CCCCCCCCN1CCC(CCO)C1. The molecule has 0 aromatic carbocycles. The average Bonchev–Trinajstić information content (AvgIpc) is 2.72. The molecule has 0 aromatic rings. The van der Waals surface area contributed by atoms with Gasteiger partial charge in [0.15, 0.2) is 0 Å². The van der Waals surface area contributed by atoms with Gasteiger partial charge in [-0.25, -0.2) is 0 Å². The number of likely N-dealkylation sites (tertiary alicyclic amines) is 1. The number of unbranched alkanes of at least 4 members (excludes halogenated alkanes) is 5. The van der Waals surface area contributed by atoms with E-state index >= 15 is 0 Å². The first-order valence-electron chi connectivity index (χ1n) is 7.20. The molecule has 1 saturated heterocycles. The summed E-state index contributed by atoms with van der Waals surface area (Å²) in [5, 5.41) is 8.89. The lowest BCUT2D eigenvalue weighted by Gasteiger charge is -2.15. The molecule has 0 bridgehead atoms. The largest absolute Gasteiger partial charge is 0.396 e. The minimum absolute atomic E-state index is 0.371. The molecule has 96 valence electrons. The van der Waals surface area contributed by atoms with Crippen molar-refractivity contribution >= 4 is 0 Å². The van der Waals surface area contributed by atoms with Crippen LogP contribution in [0.2, 0.25) is 0 Å². The molecule has 1 aliphatic rings. The Kier molecular flexibility index (Phi) is 7.87. The molecule has 1 aliphatic heterocycles. The van der Waals surface area contributed by atoms with E-state index in [0.717, 1.165) is 12.3 Å². The van der Waals surface area contributed by atoms with Crippen molar-refractivity contribution in [3.8, 4) is 0 Å². The maximum Gasteiger partial charge on any atom is 0.0434 e. The van der Waals surface area contributed by atoms with E-state index in [9.17, 15) is 0 Å². The van der Waals surface area contributed by atoms with E-state index in [2.05, 4.69) is 11.8 Å². The van der Waals surface area contributed by atoms with Crippen LogP contribution in [-0.4, -0.2) is 36.2 Å². The molecule has 0 amide bonds. The number of nitrogens with zero attached hydrogens (tertiary/aromatic N) is 1. The standard InChI is InChI=1S/C14H29NO/c1-2-3-4-5-6-7-10-15-11-8-14(13-15)9-12-16/h14,16H,2-13H2,1H3. The Morgan fingerprint density at radius 3 is 2.62 bits per heavy atom. The van der Waals surface area contributed by atoms with E-state index in [1.807, 2.05) is 0 Å². The van der Waals surface area contributed by atoms with Gasteiger partial charge in [-0.1, -0.05) is 39.0 Å². The molecule has 1 atom stereocenters. The lowest BCUT2D eigenvalue weighted by molar-refractivity contribution is 0.250. The molecular formula is C14H29NO. The molecule has 1 N–H and O–H groups in total. The summed E-state index contributed by atoms with van der Waals surface area (Å²) in [5.74, 6) is 0.769. The average molecular weight is 227 g/mol. The van der Waals surface area contributed by atoms with Crippen LogP contribution in [0.3, 0.4) is 0 Å². The second kappa shape index (κ2) is 9.00. The molecule has 0 radical (unpaired) electrons. The predicted molar refractivity (Wildman–Crippen MR) is 69.6 cm³/mol. The van der Waals surface area contributed by atoms with E-state index in [-0.39, 0.29) is 0 Å². The van der Waals surface area contributed by atoms with Gasteiger partial charge in [-0.3, -0.25) is 0 Å². The minimum Gasteiger partial charge on any atom is -0.396 e. The Hall–Kier alpha value is -0.0800. The molecule has 0 aliphatic carbocycles. The second-order valence-corrected chi connectivity index (χ2v) is 5.24. The third-order valence-corrected chi connectivity index (χ3v) is 3.74. The molecular weight excluding hydrogens is 198 g/mol. The molecule has 0 aromatic heterocycles. The first-order valence-corrected chi connectivity index (χ1v) is 7.20. The number of hydrogen-bond acceptors (Lipinski definition) is 2. The third kappa shape index (κ3) is 5.86. The lowest BCUT2D eigenvalue weighted by Crippen LogP contribution is -2.22. The van der Waals surface area contributed by atoms with Crippen molar-refractivity contribution in [2.45, 2.75) is 58.3 Å². The Morgan fingerprint density at radius 1 is 1.12 bits per heavy atom. The fraction of sp³-hybridized carbons (Fsp3) is 1.00. The number of aliphatic hydroxyl groups is 1. The fourth-order valence-corrected chi connectivity index (χ4v) is 2.65. The number of hydrogen-bond donors (Lipinski definition) is 1. The van der Waals surface area contributed by atoms with Gasteiger partial charge in [-0.2, -0.15) is 0 Å². The van der Waals surface area contributed by atoms with Crippen LogP contribution >= 0.6 is 0 Å². The van der Waals surface area contributed by atoms with Gasteiger partial charge in [-0.15, -0.1) is 0 Å². The molecule has 2 heteroatoms. The van der Waals surface area contributed by atoms with Crippen molar-refractivity contribution in [3.05, 3.63) is 0 Å². The van der Waals surface area contributed by atoms with Gasteiger partial charge in [0.1, 0.15) is 0 Å².